The molecule has 0 aliphatic heterocycles. The van der Waals surface area contributed by atoms with Gasteiger partial charge in [-0.3, -0.25) is 0 Å². The number of hydrogen-bond donors (Lipinski definition) is 0. The van der Waals surface area contributed by atoms with Crippen molar-refractivity contribution >= 4 is 6.08 Å². The zero-order valence-electron chi connectivity index (χ0n) is 6.82. The number of ether oxygens (including phenoxy) is 1. The van der Waals surface area contributed by atoms with E-state index in [0.717, 1.165) is 18.4 Å². The van der Waals surface area contributed by atoms with Crippen LogP contribution >= 0.6 is 0 Å². The Bertz CT molecular complexity index is 237. The van der Waals surface area contributed by atoms with Gasteiger partial charge in [-0.25, -0.2) is 4.79 Å². The van der Waals surface area contributed by atoms with E-state index in [-0.39, 0.29) is 6.73 Å². The first-order valence-electron chi connectivity index (χ1n) is 3.90. The molecular formula is C9H11NO2. The molecule has 0 saturated carbocycles. The normalized spacial score (nSPS) is 15.2. The van der Waals surface area contributed by atoms with Gasteiger partial charge in [0, 0.05) is 0 Å². The molecule has 0 heterocycles. The molecule has 0 aromatic heterocycles. The number of nitrogens with zero attached hydrogens (tertiary/aromatic N) is 1. The maximum Gasteiger partial charge on any atom is 0.237 e. The molecule has 0 fully saturated rings. The molecule has 0 aromatic carbocycles. The Kier molecular flexibility index (Phi) is 4.06. The summed E-state index contributed by atoms with van der Waals surface area (Å²) in [6, 6.07) is 0. The molecule has 1 aliphatic rings. The molecule has 0 amide bonds. The molecule has 64 valence electrons. The van der Waals surface area contributed by atoms with Gasteiger partial charge in [0.25, 0.3) is 0 Å². The lowest BCUT2D eigenvalue weighted by Gasteiger charge is -2.05. The second-order valence-corrected chi connectivity index (χ2v) is 2.49. The first kappa shape index (κ1) is 8.91. The quantitative estimate of drug-likeness (QED) is 0.360. The minimum absolute atomic E-state index is 0.106. The maximum atomic E-state index is 9.66. The second kappa shape index (κ2) is 5.47. The van der Waals surface area contributed by atoms with E-state index in [2.05, 4.69) is 17.1 Å². The fraction of sp³-hybridized carbons (Fsp3) is 0.444. The molecule has 3 heteroatoms. The smallest absolute Gasteiger partial charge is 0.237 e. The second-order valence-electron chi connectivity index (χ2n) is 2.49. The summed E-state index contributed by atoms with van der Waals surface area (Å²) in [5, 5.41) is 0. The van der Waals surface area contributed by atoms with Crippen molar-refractivity contribution in [2.24, 2.45) is 4.99 Å². The van der Waals surface area contributed by atoms with Gasteiger partial charge in [0.1, 0.15) is 6.73 Å². The van der Waals surface area contributed by atoms with Crippen molar-refractivity contribution in [2.45, 2.75) is 12.8 Å². The van der Waals surface area contributed by atoms with Crippen LogP contribution in [0, 0.1) is 0 Å². The zero-order chi connectivity index (χ0) is 8.65. The highest BCUT2D eigenvalue weighted by Crippen LogP contribution is 2.09. The highest BCUT2D eigenvalue weighted by molar-refractivity contribution is 5.32. The molecule has 0 saturated heterocycles. The Morgan fingerprint density at radius 2 is 2.50 bits per heavy atom. The van der Waals surface area contributed by atoms with Crippen LogP contribution in [-0.4, -0.2) is 19.4 Å². The molecule has 0 unspecified atom stereocenters. The monoisotopic (exact) mass is 165 g/mol. The predicted molar refractivity (Wildman–Crippen MR) is 45.4 cm³/mol. The first-order chi connectivity index (χ1) is 5.93. The molecule has 0 atom stereocenters. The minimum Gasteiger partial charge on any atom is -0.354 e. The third-order valence-electron chi connectivity index (χ3n) is 1.56. The van der Waals surface area contributed by atoms with Crippen LogP contribution in [0.15, 0.2) is 28.8 Å². The number of carbonyl (C=O) groups excluding carboxylic acids is 1. The SMILES string of the molecule is O=C=NCOCC1=CCCC=C1. The Morgan fingerprint density at radius 3 is 3.17 bits per heavy atom. The average Bonchev–Trinajstić information content (AvgIpc) is 2.14. The lowest BCUT2D eigenvalue weighted by atomic mass is 10.1. The Morgan fingerprint density at radius 1 is 1.58 bits per heavy atom. The van der Waals surface area contributed by atoms with Crippen LogP contribution < -0.4 is 0 Å². The maximum absolute atomic E-state index is 9.66. The van der Waals surface area contributed by atoms with Gasteiger partial charge in [-0.15, -0.1) is 0 Å². The number of hydrogen-bond acceptors (Lipinski definition) is 3. The lowest BCUT2D eigenvalue weighted by Crippen LogP contribution is -1.98. The van der Waals surface area contributed by atoms with Crippen LogP contribution in [0.2, 0.25) is 0 Å². The first-order valence-corrected chi connectivity index (χ1v) is 3.90. The van der Waals surface area contributed by atoms with Crippen molar-refractivity contribution in [3.63, 3.8) is 0 Å². The van der Waals surface area contributed by atoms with Gasteiger partial charge in [0.15, 0.2) is 0 Å². The molecule has 1 rings (SSSR count). The fourth-order valence-corrected chi connectivity index (χ4v) is 1.01. The number of rotatable bonds is 4. The molecule has 0 N–H and O–H groups in total. The van der Waals surface area contributed by atoms with Crippen LogP contribution in [0.4, 0.5) is 0 Å². The van der Waals surface area contributed by atoms with Gasteiger partial charge in [-0.05, 0) is 18.4 Å². The van der Waals surface area contributed by atoms with Crippen molar-refractivity contribution in [3.05, 3.63) is 23.8 Å². The molecule has 0 spiro atoms. The average molecular weight is 165 g/mol. The summed E-state index contributed by atoms with van der Waals surface area (Å²) in [7, 11) is 0. The van der Waals surface area contributed by atoms with E-state index in [1.54, 1.807) is 0 Å². The van der Waals surface area contributed by atoms with E-state index in [0.29, 0.717) is 6.61 Å². The van der Waals surface area contributed by atoms with E-state index in [1.807, 2.05) is 6.08 Å². The van der Waals surface area contributed by atoms with Crippen LogP contribution in [0.3, 0.4) is 0 Å². The number of isocyanates is 1. The van der Waals surface area contributed by atoms with E-state index in [9.17, 15) is 4.79 Å². The van der Waals surface area contributed by atoms with Crippen LogP contribution in [0.1, 0.15) is 12.8 Å². The van der Waals surface area contributed by atoms with Crippen molar-refractivity contribution in [3.8, 4) is 0 Å². The summed E-state index contributed by atoms with van der Waals surface area (Å²) in [6.45, 7) is 0.635. The van der Waals surface area contributed by atoms with E-state index in [4.69, 9.17) is 4.74 Å². The van der Waals surface area contributed by atoms with Crippen molar-refractivity contribution in [1.29, 1.82) is 0 Å². The topological polar surface area (TPSA) is 38.7 Å². The number of aliphatic imine (C=N–C) groups is 1. The van der Waals surface area contributed by atoms with Crippen molar-refractivity contribution in [1.82, 2.24) is 0 Å². The summed E-state index contributed by atoms with van der Waals surface area (Å²) < 4.78 is 5.06. The summed E-state index contributed by atoms with van der Waals surface area (Å²) in [5.74, 6) is 0. The molecule has 1 aliphatic carbocycles. The minimum atomic E-state index is 0.106. The third-order valence-corrected chi connectivity index (χ3v) is 1.56. The highest BCUT2D eigenvalue weighted by atomic mass is 16.5. The van der Waals surface area contributed by atoms with Gasteiger partial charge >= 0.3 is 0 Å². The largest absolute Gasteiger partial charge is 0.354 e. The predicted octanol–water partition coefficient (Wildman–Crippen LogP) is 1.57. The standard InChI is InChI=1S/C9H11NO2/c11-7-10-8-12-6-9-4-2-1-3-5-9/h2,4-5H,1,3,6,8H2. The Labute approximate surface area is 71.4 Å². The highest BCUT2D eigenvalue weighted by Gasteiger charge is 1.95. The van der Waals surface area contributed by atoms with Crippen LogP contribution in [0.5, 0.6) is 0 Å². The molecule has 3 nitrogen and oxygen atoms in total. The van der Waals surface area contributed by atoms with Gasteiger partial charge in [-0.1, -0.05) is 18.2 Å². The van der Waals surface area contributed by atoms with Crippen LogP contribution in [-0.2, 0) is 9.53 Å². The van der Waals surface area contributed by atoms with Gasteiger partial charge < -0.3 is 4.74 Å². The number of allylic oxidation sites excluding steroid dienone is 2. The molecule has 0 aromatic rings. The Balaban J connectivity index is 2.18. The van der Waals surface area contributed by atoms with E-state index >= 15 is 0 Å². The molecular weight excluding hydrogens is 154 g/mol. The summed E-state index contributed by atoms with van der Waals surface area (Å²) >= 11 is 0. The van der Waals surface area contributed by atoms with Crippen molar-refractivity contribution in [2.75, 3.05) is 13.3 Å². The third kappa shape index (κ3) is 3.28. The van der Waals surface area contributed by atoms with Crippen LogP contribution in [0.25, 0.3) is 0 Å². The van der Waals surface area contributed by atoms with Gasteiger partial charge in [-0.2, -0.15) is 4.99 Å². The van der Waals surface area contributed by atoms with Crippen molar-refractivity contribution < 1.29 is 9.53 Å². The zero-order valence-corrected chi connectivity index (χ0v) is 6.82. The summed E-state index contributed by atoms with van der Waals surface area (Å²) in [4.78, 5) is 12.9. The summed E-state index contributed by atoms with van der Waals surface area (Å²) in [6.07, 6.45) is 9.88. The molecule has 12 heavy (non-hydrogen) atoms. The van der Waals surface area contributed by atoms with E-state index in [1.165, 1.54) is 6.08 Å². The Hall–Kier alpha value is -1.18. The fourth-order valence-electron chi connectivity index (χ4n) is 1.01. The van der Waals surface area contributed by atoms with Gasteiger partial charge in [0.2, 0.25) is 6.08 Å². The van der Waals surface area contributed by atoms with Gasteiger partial charge in [0.05, 0.1) is 6.61 Å². The molecule has 0 radical (unpaired) electrons. The molecule has 0 bridgehead atoms. The lowest BCUT2D eigenvalue weighted by molar-refractivity contribution is 0.166. The summed E-state index contributed by atoms with van der Waals surface area (Å²) in [5.41, 5.74) is 1.15. The van der Waals surface area contributed by atoms with E-state index < -0.39 is 0 Å².